The highest BCUT2D eigenvalue weighted by Gasteiger charge is 2.30. The van der Waals surface area contributed by atoms with E-state index in [-0.39, 0.29) is 11.8 Å². The van der Waals surface area contributed by atoms with Crippen LogP contribution in [0.3, 0.4) is 0 Å². The van der Waals surface area contributed by atoms with Gasteiger partial charge in [0.2, 0.25) is 5.91 Å². The Labute approximate surface area is 196 Å². The predicted molar refractivity (Wildman–Crippen MR) is 127 cm³/mol. The summed E-state index contributed by atoms with van der Waals surface area (Å²) >= 11 is 1.65. The summed E-state index contributed by atoms with van der Waals surface area (Å²) in [6, 6.07) is 15.6. The van der Waals surface area contributed by atoms with Gasteiger partial charge in [0.05, 0.1) is 12.1 Å². The van der Waals surface area contributed by atoms with Gasteiger partial charge in [-0.2, -0.15) is 5.26 Å². The third-order valence-electron chi connectivity index (χ3n) is 6.04. The molecule has 4 heterocycles. The second-order valence-electron chi connectivity index (χ2n) is 8.11. The van der Waals surface area contributed by atoms with Crippen LogP contribution in [0, 0.1) is 17.2 Å². The lowest BCUT2D eigenvalue weighted by molar-refractivity contribution is -0.123. The third kappa shape index (κ3) is 4.64. The first-order valence-corrected chi connectivity index (χ1v) is 11.9. The van der Waals surface area contributed by atoms with E-state index in [1.165, 1.54) is 0 Å². The minimum atomic E-state index is -0.0622. The van der Waals surface area contributed by atoms with Gasteiger partial charge in [-0.1, -0.05) is 6.07 Å². The number of anilines is 2. The van der Waals surface area contributed by atoms with E-state index in [1.54, 1.807) is 23.6 Å². The Morgan fingerprint density at radius 2 is 1.97 bits per heavy atom. The molecule has 2 aromatic heterocycles. The zero-order valence-electron chi connectivity index (χ0n) is 18.1. The van der Waals surface area contributed by atoms with Gasteiger partial charge in [0.15, 0.2) is 11.5 Å². The molecule has 1 saturated heterocycles. The number of carbonyl (C=O) groups is 1. The van der Waals surface area contributed by atoms with Gasteiger partial charge in [0.25, 0.3) is 0 Å². The molecule has 0 N–H and O–H groups in total. The number of benzene rings is 1. The molecule has 1 amide bonds. The van der Waals surface area contributed by atoms with Crippen molar-refractivity contribution in [2.24, 2.45) is 5.92 Å². The van der Waals surface area contributed by atoms with Crippen molar-refractivity contribution < 1.29 is 14.3 Å². The van der Waals surface area contributed by atoms with Crippen LogP contribution >= 0.6 is 11.3 Å². The molecule has 0 atom stereocenters. The summed E-state index contributed by atoms with van der Waals surface area (Å²) < 4.78 is 11.4. The topological polar surface area (TPSA) is 78.7 Å². The standard InChI is InChI=1S/C25H24N4O3S/c26-15-18-3-6-24(27-16-18)28-9-7-19(8-10-28)25(30)29(17-21-2-1-13-33-21)20-4-5-22-23(14-20)32-12-11-31-22/h1-6,13-14,16,19H,7-12,17H2. The van der Waals surface area contributed by atoms with Crippen LogP contribution in [-0.2, 0) is 11.3 Å². The summed E-state index contributed by atoms with van der Waals surface area (Å²) in [7, 11) is 0. The summed E-state index contributed by atoms with van der Waals surface area (Å²) in [5.41, 5.74) is 1.38. The highest BCUT2D eigenvalue weighted by Crippen LogP contribution is 2.36. The van der Waals surface area contributed by atoms with Crippen molar-refractivity contribution in [3.8, 4) is 17.6 Å². The first-order valence-electron chi connectivity index (χ1n) is 11.1. The van der Waals surface area contributed by atoms with Crippen molar-refractivity contribution in [2.45, 2.75) is 19.4 Å². The van der Waals surface area contributed by atoms with Crippen LogP contribution in [0.2, 0.25) is 0 Å². The maximum absolute atomic E-state index is 13.7. The van der Waals surface area contributed by atoms with Crippen molar-refractivity contribution in [3.05, 3.63) is 64.5 Å². The molecule has 7 nitrogen and oxygen atoms in total. The van der Waals surface area contributed by atoms with E-state index in [4.69, 9.17) is 14.7 Å². The summed E-state index contributed by atoms with van der Waals surface area (Å²) in [6.07, 6.45) is 3.11. The number of aromatic nitrogens is 1. The molecule has 33 heavy (non-hydrogen) atoms. The molecule has 0 spiro atoms. The third-order valence-corrected chi connectivity index (χ3v) is 6.90. The summed E-state index contributed by atoms with van der Waals surface area (Å²) in [6.45, 7) is 3.09. The smallest absolute Gasteiger partial charge is 0.230 e. The van der Waals surface area contributed by atoms with Crippen LogP contribution < -0.4 is 19.3 Å². The number of thiophene rings is 1. The fourth-order valence-corrected chi connectivity index (χ4v) is 4.96. The second kappa shape index (κ2) is 9.51. The van der Waals surface area contributed by atoms with Gasteiger partial charge in [-0.05, 0) is 48.6 Å². The van der Waals surface area contributed by atoms with Crippen molar-refractivity contribution in [3.63, 3.8) is 0 Å². The molecule has 2 aliphatic heterocycles. The van der Waals surface area contributed by atoms with Gasteiger partial charge in [-0.3, -0.25) is 4.79 Å². The predicted octanol–water partition coefficient (Wildman–Crippen LogP) is 4.24. The zero-order valence-corrected chi connectivity index (χ0v) is 19.0. The quantitative estimate of drug-likeness (QED) is 0.567. The Morgan fingerprint density at radius 3 is 2.67 bits per heavy atom. The minimum Gasteiger partial charge on any atom is -0.486 e. The number of nitrogens with zero attached hydrogens (tertiary/aromatic N) is 4. The number of ether oxygens (including phenoxy) is 2. The normalized spacial score (nSPS) is 15.7. The molecule has 0 unspecified atom stereocenters. The monoisotopic (exact) mass is 460 g/mol. The number of nitriles is 1. The fraction of sp³-hybridized carbons (Fsp3) is 0.320. The average Bonchev–Trinajstić information content (AvgIpc) is 3.40. The van der Waals surface area contributed by atoms with Crippen LogP contribution in [0.1, 0.15) is 23.3 Å². The molecular formula is C25H24N4O3S. The van der Waals surface area contributed by atoms with Crippen molar-refractivity contribution in [1.82, 2.24) is 4.98 Å². The zero-order chi connectivity index (χ0) is 22.6. The lowest BCUT2D eigenvalue weighted by Crippen LogP contribution is -2.42. The Kier molecular flexibility index (Phi) is 6.13. The van der Waals surface area contributed by atoms with E-state index in [0.29, 0.717) is 31.1 Å². The van der Waals surface area contributed by atoms with Gasteiger partial charge in [0, 0.05) is 41.8 Å². The van der Waals surface area contributed by atoms with E-state index in [1.807, 2.05) is 40.6 Å². The van der Waals surface area contributed by atoms with Gasteiger partial charge in [-0.25, -0.2) is 4.98 Å². The lowest BCUT2D eigenvalue weighted by Gasteiger charge is -2.35. The SMILES string of the molecule is N#Cc1ccc(N2CCC(C(=O)N(Cc3cccs3)c3ccc4c(c3)OCCO4)CC2)nc1. The molecule has 8 heteroatoms. The van der Waals surface area contributed by atoms with Gasteiger partial charge >= 0.3 is 0 Å². The number of amides is 1. The largest absolute Gasteiger partial charge is 0.486 e. The number of piperidine rings is 1. The maximum Gasteiger partial charge on any atom is 0.230 e. The summed E-state index contributed by atoms with van der Waals surface area (Å²) in [5.74, 6) is 2.32. The van der Waals surface area contributed by atoms with Gasteiger partial charge in [0.1, 0.15) is 25.1 Å². The summed E-state index contributed by atoms with van der Waals surface area (Å²) in [5, 5.41) is 11.0. The number of pyridine rings is 1. The highest BCUT2D eigenvalue weighted by atomic mass is 32.1. The Bertz CT molecular complexity index is 1150. The second-order valence-corrected chi connectivity index (χ2v) is 9.14. The molecule has 5 rings (SSSR count). The van der Waals surface area contributed by atoms with Crippen molar-refractivity contribution >= 4 is 28.7 Å². The molecule has 2 aliphatic rings. The summed E-state index contributed by atoms with van der Waals surface area (Å²) in [4.78, 5) is 23.3. The van der Waals surface area contributed by atoms with Crippen molar-refractivity contribution in [2.75, 3.05) is 36.1 Å². The number of carbonyl (C=O) groups excluding carboxylic acids is 1. The van der Waals surface area contributed by atoms with E-state index in [0.717, 1.165) is 48.1 Å². The van der Waals surface area contributed by atoms with E-state index in [2.05, 4.69) is 22.0 Å². The fourth-order valence-electron chi connectivity index (χ4n) is 4.27. The molecule has 1 fully saturated rings. The van der Waals surface area contributed by atoms with E-state index in [9.17, 15) is 4.79 Å². The molecule has 0 radical (unpaired) electrons. The average molecular weight is 461 g/mol. The molecule has 0 aliphatic carbocycles. The Balaban J connectivity index is 1.32. The van der Waals surface area contributed by atoms with Crippen molar-refractivity contribution in [1.29, 1.82) is 5.26 Å². The first-order chi connectivity index (χ1) is 16.2. The lowest BCUT2D eigenvalue weighted by atomic mass is 9.94. The van der Waals surface area contributed by atoms with Crippen LogP contribution in [0.4, 0.5) is 11.5 Å². The number of fused-ring (bicyclic) bond motifs is 1. The molecular weight excluding hydrogens is 436 g/mol. The number of hydrogen-bond acceptors (Lipinski definition) is 7. The molecule has 168 valence electrons. The van der Waals surface area contributed by atoms with Crippen LogP contribution in [-0.4, -0.2) is 37.2 Å². The molecule has 1 aromatic carbocycles. The molecule has 0 saturated carbocycles. The minimum absolute atomic E-state index is 0.0622. The van der Waals surface area contributed by atoms with Crippen LogP contribution in [0.15, 0.2) is 54.0 Å². The molecule has 3 aromatic rings. The van der Waals surface area contributed by atoms with Gasteiger partial charge in [-0.15, -0.1) is 11.3 Å². The number of rotatable bonds is 5. The number of hydrogen-bond donors (Lipinski definition) is 0. The van der Waals surface area contributed by atoms with Crippen LogP contribution in [0.25, 0.3) is 0 Å². The van der Waals surface area contributed by atoms with Gasteiger partial charge < -0.3 is 19.3 Å². The Morgan fingerprint density at radius 1 is 1.15 bits per heavy atom. The molecule has 0 bridgehead atoms. The first kappa shape index (κ1) is 21.3. The maximum atomic E-state index is 13.7. The van der Waals surface area contributed by atoms with Crippen LogP contribution in [0.5, 0.6) is 11.5 Å². The van der Waals surface area contributed by atoms with E-state index >= 15 is 0 Å². The Hall–Kier alpha value is -3.57. The highest BCUT2D eigenvalue weighted by molar-refractivity contribution is 7.09. The van der Waals surface area contributed by atoms with E-state index < -0.39 is 0 Å².